The second-order valence-corrected chi connectivity index (χ2v) is 5.69. The Bertz CT molecular complexity index is 366. The zero-order valence-corrected chi connectivity index (χ0v) is 10.5. The third-order valence-corrected chi connectivity index (χ3v) is 4.87. The molecule has 0 bridgehead atoms. The molecule has 3 fully saturated rings. The number of hydroxylamine groups is 5. The minimum absolute atomic E-state index is 0.0547. The minimum atomic E-state index is -0.252. The molecule has 2 aliphatic heterocycles. The Balaban J connectivity index is 1.92. The number of nitrogens with zero attached hydrogens (tertiary/aromatic N) is 1. The third kappa shape index (κ3) is 1.56. The highest BCUT2D eigenvalue weighted by molar-refractivity contribution is 5.79. The average molecular weight is 257 g/mol. The number of nitrogens with one attached hydrogen (secondary N) is 2. The smallest absolute Gasteiger partial charge is 0.139 e. The number of rotatable bonds is 1. The van der Waals surface area contributed by atoms with Gasteiger partial charge in [-0.05, 0) is 25.5 Å². The Morgan fingerprint density at radius 1 is 1.56 bits per heavy atom. The van der Waals surface area contributed by atoms with E-state index in [0.29, 0.717) is 6.42 Å². The first-order valence-electron chi connectivity index (χ1n) is 6.47. The molecule has 0 amide bonds. The molecule has 102 valence electrons. The van der Waals surface area contributed by atoms with E-state index < -0.39 is 0 Å². The van der Waals surface area contributed by atoms with Crippen LogP contribution in [0, 0.1) is 17.0 Å². The van der Waals surface area contributed by atoms with Crippen molar-refractivity contribution in [3.8, 4) is 0 Å². The van der Waals surface area contributed by atoms with Crippen molar-refractivity contribution >= 4 is 5.78 Å². The molecular weight excluding hydrogens is 238 g/mol. The molecule has 0 radical (unpaired) electrons. The van der Waals surface area contributed by atoms with Crippen LogP contribution in [0.5, 0.6) is 0 Å². The zero-order valence-electron chi connectivity index (χ0n) is 10.5. The topological polar surface area (TPSA) is 89.3 Å². The van der Waals surface area contributed by atoms with E-state index in [-0.39, 0.29) is 46.8 Å². The van der Waals surface area contributed by atoms with E-state index in [1.807, 2.05) is 6.92 Å². The van der Waals surface area contributed by atoms with Crippen molar-refractivity contribution in [1.82, 2.24) is 10.7 Å². The molecule has 7 atom stereocenters. The van der Waals surface area contributed by atoms with Crippen LogP contribution in [0.25, 0.3) is 0 Å². The maximum absolute atomic E-state index is 12.2. The van der Waals surface area contributed by atoms with Gasteiger partial charge in [0.1, 0.15) is 5.78 Å². The van der Waals surface area contributed by atoms with Gasteiger partial charge in [-0.1, -0.05) is 0 Å². The molecule has 7 unspecified atom stereocenters. The molecule has 1 saturated carbocycles. The Morgan fingerprint density at radius 2 is 2.28 bits per heavy atom. The summed E-state index contributed by atoms with van der Waals surface area (Å²) in [5.41, 5.74) is 2.78. The first kappa shape index (κ1) is 12.5. The largest absolute Gasteiger partial charge is 0.634 e. The molecule has 2 saturated heterocycles. The molecule has 0 spiro atoms. The number of hydrogen-bond acceptors (Lipinski definition) is 6. The Kier molecular flexibility index (Phi) is 2.92. The van der Waals surface area contributed by atoms with Gasteiger partial charge in [0.15, 0.2) is 0 Å². The summed E-state index contributed by atoms with van der Waals surface area (Å²) in [5, 5.41) is 22.8. The van der Waals surface area contributed by atoms with Crippen LogP contribution in [0.3, 0.4) is 0 Å². The van der Waals surface area contributed by atoms with Gasteiger partial charge in [-0.2, -0.15) is 10.4 Å². The number of hydrogen-bond donors (Lipinski definition) is 3. The maximum atomic E-state index is 12.2. The summed E-state index contributed by atoms with van der Waals surface area (Å²) < 4.78 is 0. The summed E-state index contributed by atoms with van der Waals surface area (Å²) in [5.74, 6) is -0.249. The predicted molar refractivity (Wildman–Crippen MR) is 59.9 cm³/mol. The molecule has 18 heavy (non-hydrogen) atoms. The van der Waals surface area contributed by atoms with Crippen LogP contribution >= 0.6 is 0 Å². The van der Waals surface area contributed by atoms with Gasteiger partial charge in [-0.15, -0.1) is 0 Å². The van der Waals surface area contributed by atoms with E-state index in [1.165, 1.54) is 0 Å². The number of quaternary nitrogens is 1. The van der Waals surface area contributed by atoms with E-state index in [1.54, 1.807) is 6.92 Å². The number of ketones is 1. The second-order valence-electron chi connectivity index (χ2n) is 5.69. The molecule has 0 aromatic carbocycles. The Morgan fingerprint density at radius 3 is 2.94 bits per heavy atom. The van der Waals surface area contributed by atoms with E-state index in [9.17, 15) is 15.2 Å². The molecule has 0 aromatic heterocycles. The number of Topliss-reactive ketones (excluding diaryl/α,β-unsaturated/α-hetero) is 1. The van der Waals surface area contributed by atoms with Crippen LogP contribution in [0.4, 0.5) is 0 Å². The lowest BCUT2D eigenvalue weighted by Gasteiger charge is -2.37. The maximum Gasteiger partial charge on any atom is 0.139 e. The summed E-state index contributed by atoms with van der Waals surface area (Å²) in [6, 6.07) is -0.591. The van der Waals surface area contributed by atoms with Crippen molar-refractivity contribution in [2.45, 2.75) is 50.9 Å². The van der Waals surface area contributed by atoms with E-state index in [0.717, 1.165) is 11.6 Å². The summed E-state index contributed by atoms with van der Waals surface area (Å²) in [6.45, 7) is 3.39. The molecule has 7 nitrogen and oxygen atoms in total. The second kappa shape index (κ2) is 4.22. The van der Waals surface area contributed by atoms with Crippen LogP contribution in [-0.2, 0) is 9.73 Å². The van der Waals surface area contributed by atoms with Crippen molar-refractivity contribution < 1.29 is 20.0 Å². The van der Waals surface area contributed by atoms with Gasteiger partial charge in [0.2, 0.25) is 0 Å². The Hall–Kier alpha value is -0.570. The van der Waals surface area contributed by atoms with Gasteiger partial charge >= 0.3 is 0 Å². The van der Waals surface area contributed by atoms with Crippen molar-refractivity contribution in [2.24, 2.45) is 11.8 Å². The first-order valence-corrected chi connectivity index (χ1v) is 6.47. The standard InChI is InChI=1S/C11H19N3O4/c1-5-9(6(2)15)10-7(13(5)16)3-4-8-11(10)12-18-14(8)17/h5,7-13,17H,3-4H2,1-2H3. The molecular formula is C11H19N3O4. The predicted octanol–water partition coefficient (Wildman–Crippen LogP) is -1.37. The highest BCUT2D eigenvalue weighted by Gasteiger charge is 2.59. The van der Waals surface area contributed by atoms with Gasteiger partial charge in [-0.3, -0.25) is 10.0 Å². The number of fused-ring (bicyclic) bond motifs is 3. The molecule has 2 heterocycles. The lowest BCUT2D eigenvalue weighted by molar-refractivity contribution is -0.888. The van der Waals surface area contributed by atoms with Crippen molar-refractivity contribution in [2.75, 3.05) is 0 Å². The summed E-state index contributed by atoms with van der Waals surface area (Å²) >= 11 is 0. The summed E-state index contributed by atoms with van der Waals surface area (Å²) in [7, 11) is 0. The normalized spacial score (nSPS) is 52.1. The fraction of sp³-hybridized carbons (Fsp3) is 0.909. The fourth-order valence-electron chi connectivity index (χ4n) is 4.09. The van der Waals surface area contributed by atoms with Crippen molar-refractivity contribution in [3.63, 3.8) is 0 Å². The van der Waals surface area contributed by atoms with E-state index in [4.69, 9.17) is 4.94 Å². The van der Waals surface area contributed by atoms with Crippen LogP contribution in [-0.4, -0.2) is 40.4 Å². The Labute approximate surface area is 105 Å². The number of carbonyl (C=O) groups excluding carboxylic acids is 1. The van der Waals surface area contributed by atoms with Crippen molar-refractivity contribution in [1.29, 1.82) is 0 Å². The zero-order chi connectivity index (χ0) is 13.0. The van der Waals surface area contributed by atoms with Crippen molar-refractivity contribution in [3.05, 3.63) is 5.21 Å². The molecule has 0 aromatic rings. The monoisotopic (exact) mass is 257 g/mol. The van der Waals surface area contributed by atoms with Crippen LogP contribution < -0.4 is 10.5 Å². The van der Waals surface area contributed by atoms with E-state index in [2.05, 4.69) is 5.48 Å². The van der Waals surface area contributed by atoms with Crippen LogP contribution in [0.1, 0.15) is 26.7 Å². The fourth-order valence-corrected chi connectivity index (χ4v) is 4.09. The highest BCUT2D eigenvalue weighted by atomic mass is 17.0. The molecule has 7 heteroatoms. The van der Waals surface area contributed by atoms with Gasteiger partial charge < -0.3 is 10.3 Å². The SMILES string of the molecule is CC(=O)C1C2C3NON(O)C3CCC2[NH+]([O-])C1C. The summed E-state index contributed by atoms with van der Waals surface area (Å²) in [6.07, 6.45) is 1.43. The van der Waals surface area contributed by atoms with Gasteiger partial charge in [0, 0.05) is 12.3 Å². The van der Waals surface area contributed by atoms with Crippen LogP contribution in [0.15, 0.2) is 0 Å². The molecule has 3 aliphatic rings. The quantitative estimate of drug-likeness (QED) is 0.502. The first-order chi connectivity index (χ1) is 8.52. The van der Waals surface area contributed by atoms with Gasteiger partial charge in [-0.25, -0.2) is 0 Å². The lowest BCUT2D eigenvalue weighted by atomic mass is 9.72. The van der Waals surface area contributed by atoms with Crippen LogP contribution in [0.2, 0.25) is 0 Å². The molecule has 3 rings (SSSR count). The molecule has 3 N–H and O–H groups in total. The third-order valence-electron chi connectivity index (χ3n) is 4.87. The average Bonchev–Trinajstić information content (AvgIpc) is 2.81. The highest BCUT2D eigenvalue weighted by Crippen LogP contribution is 2.39. The van der Waals surface area contributed by atoms with Gasteiger partial charge in [0.05, 0.1) is 30.1 Å². The lowest BCUT2D eigenvalue weighted by Crippen LogP contribution is -3.13. The summed E-state index contributed by atoms with van der Waals surface area (Å²) in [4.78, 5) is 16.8. The minimum Gasteiger partial charge on any atom is -0.634 e. The number of carbonyl (C=O) groups is 1. The van der Waals surface area contributed by atoms with Gasteiger partial charge in [0.25, 0.3) is 0 Å². The molecule has 1 aliphatic carbocycles. The van der Waals surface area contributed by atoms with E-state index >= 15 is 0 Å².